The lowest BCUT2D eigenvalue weighted by atomic mass is 10.1. The second-order valence-electron chi connectivity index (χ2n) is 4.32. The van der Waals surface area contributed by atoms with Crippen molar-refractivity contribution >= 4 is 32.4 Å². The maximum absolute atomic E-state index is 12.2. The zero-order valence-electron chi connectivity index (χ0n) is 10.5. The first-order valence-corrected chi connectivity index (χ1v) is 8.25. The van der Waals surface area contributed by atoms with Gasteiger partial charge in [0.05, 0.1) is 15.7 Å². The van der Waals surface area contributed by atoms with E-state index in [1.54, 1.807) is 6.07 Å². The molecule has 0 aliphatic rings. The van der Waals surface area contributed by atoms with Gasteiger partial charge in [0.15, 0.2) is 0 Å². The molecular formula is C15H16BrNOS. The number of hydrogen-bond acceptors (Lipinski definition) is 2. The Morgan fingerprint density at radius 1 is 1.11 bits per heavy atom. The minimum atomic E-state index is -1.02. The fourth-order valence-electron chi connectivity index (χ4n) is 1.89. The van der Waals surface area contributed by atoms with Gasteiger partial charge in [0.1, 0.15) is 0 Å². The molecular weight excluding hydrogens is 322 g/mol. The molecule has 0 heterocycles. The summed E-state index contributed by atoms with van der Waals surface area (Å²) in [7, 11) is -1.02. The third kappa shape index (κ3) is 4.18. The van der Waals surface area contributed by atoms with Gasteiger partial charge < -0.3 is 5.73 Å². The zero-order chi connectivity index (χ0) is 13.7. The highest BCUT2D eigenvalue weighted by Crippen LogP contribution is 2.22. The number of hydrogen-bond donors (Lipinski definition) is 1. The van der Waals surface area contributed by atoms with Crippen LogP contribution >= 0.6 is 15.9 Å². The quantitative estimate of drug-likeness (QED) is 0.844. The number of nitrogen functional groups attached to an aromatic ring is 1. The summed E-state index contributed by atoms with van der Waals surface area (Å²) in [5, 5.41) is 0. The van der Waals surface area contributed by atoms with Crippen molar-refractivity contribution in [3.63, 3.8) is 0 Å². The number of rotatable bonds is 5. The second-order valence-corrected chi connectivity index (χ2v) is 6.78. The van der Waals surface area contributed by atoms with Crippen LogP contribution in [0.15, 0.2) is 57.9 Å². The Kier molecular flexibility index (Phi) is 5.16. The summed E-state index contributed by atoms with van der Waals surface area (Å²) >= 11 is 3.35. The SMILES string of the molecule is Nc1cc(Br)ccc1S(=O)CCCc1ccccc1. The molecule has 0 aliphatic carbocycles. The summed E-state index contributed by atoms with van der Waals surface area (Å²) in [4.78, 5) is 0.733. The van der Waals surface area contributed by atoms with Crippen LogP contribution in [0.2, 0.25) is 0 Å². The third-order valence-electron chi connectivity index (χ3n) is 2.86. The number of nitrogens with two attached hydrogens (primary N) is 1. The molecule has 19 heavy (non-hydrogen) atoms. The minimum absolute atomic E-state index is 0.590. The number of halogens is 1. The van der Waals surface area contributed by atoms with Crippen molar-refractivity contribution in [1.82, 2.24) is 0 Å². The molecule has 2 aromatic carbocycles. The average molecular weight is 338 g/mol. The van der Waals surface area contributed by atoms with Gasteiger partial charge in [0, 0.05) is 15.9 Å². The lowest BCUT2D eigenvalue weighted by Gasteiger charge is -2.06. The number of aryl methyl sites for hydroxylation is 1. The summed E-state index contributed by atoms with van der Waals surface area (Å²) in [6.45, 7) is 0. The van der Waals surface area contributed by atoms with E-state index < -0.39 is 10.8 Å². The number of benzene rings is 2. The highest BCUT2D eigenvalue weighted by molar-refractivity contribution is 9.10. The topological polar surface area (TPSA) is 43.1 Å². The van der Waals surface area contributed by atoms with Gasteiger partial charge in [-0.1, -0.05) is 46.3 Å². The van der Waals surface area contributed by atoms with Crippen LogP contribution in [0.4, 0.5) is 5.69 Å². The van der Waals surface area contributed by atoms with Gasteiger partial charge in [-0.25, -0.2) is 0 Å². The maximum Gasteiger partial charge on any atom is 0.0618 e. The normalized spacial score (nSPS) is 12.3. The van der Waals surface area contributed by atoms with Gasteiger partial charge in [0.25, 0.3) is 0 Å². The van der Waals surface area contributed by atoms with Crippen LogP contribution in [0, 0.1) is 0 Å². The summed E-state index contributed by atoms with van der Waals surface area (Å²) in [5.74, 6) is 0.640. The molecule has 0 spiro atoms. The van der Waals surface area contributed by atoms with Crippen LogP contribution in [-0.4, -0.2) is 9.96 Å². The van der Waals surface area contributed by atoms with E-state index >= 15 is 0 Å². The largest absolute Gasteiger partial charge is 0.398 e. The van der Waals surface area contributed by atoms with E-state index in [1.165, 1.54) is 5.56 Å². The maximum atomic E-state index is 12.2. The van der Waals surface area contributed by atoms with Gasteiger partial charge in [0.2, 0.25) is 0 Å². The molecule has 2 rings (SSSR count). The van der Waals surface area contributed by atoms with Crippen molar-refractivity contribution in [2.45, 2.75) is 17.7 Å². The molecule has 2 N–H and O–H groups in total. The highest BCUT2D eigenvalue weighted by Gasteiger charge is 2.08. The van der Waals surface area contributed by atoms with Crippen molar-refractivity contribution in [3.8, 4) is 0 Å². The standard InChI is InChI=1S/C15H16BrNOS/c16-13-8-9-15(14(17)11-13)19(18)10-4-7-12-5-2-1-3-6-12/h1-3,5-6,8-9,11H,4,7,10,17H2. The minimum Gasteiger partial charge on any atom is -0.398 e. The van der Waals surface area contributed by atoms with E-state index in [0.717, 1.165) is 22.2 Å². The number of anilines is 1. The molecule has 0 amide bonds. The molecule has 2 aromatic rings. The van der Waals surface area contributed by atoms with Crippen LogP contribution in [0.3, 0.4) is 0 Å². The van der Waals surface area contributed by atoms with Crippen LogP contribution in [0.5, 0.6) is 0 Å². The first kappa shape index (κ1) is 14.3. The molecule has 2 nitrogen and oxygen atoms in total. The van der Waals surface area contributed by atoms with E-state index in [0.29, 0.717) is 11.4 Å². The summed E-state index contributed by atoms with van der Waals surface area (Å²) in [6, 6.07) is 15.7. The van der Waals surface area contributed by atoms with Gasteiger partial charge >= 0.3 is 0 Å². The molecule has 0 saturated heterocycles. The van der Waals surface area contributed by atoms with E-state index in [9.17, 15) is 4.21 Å². The smallest absolute Gasteiger partial charge is 0.0618 e. The van der Waals surface area contributed by atoms with E-state index in [2.05, 4.69) is 28.1 Å². The summed E-state index contributed by atoms with van der Waals surface area (Å²) in [6.07, 6.45) is 1.84. The van der Waals surface area contributed by atoms with Crippen molar-refractivity contribution in [1.29, 1.82) is 0 Å². The van der Waals surface area contributed by atoms with Crippen LogP contribution in [-0.2, 0) is 17.2 Å². The third-order valence-corrected chi connectivity index (χ3v) is 4.87. The van der Waals surface area contributed by atoms with E-state index in [-0.39, 0.29) is 0 Å². The Hall–Kier alpha value is -1.13. The average Bonchev–Trinajstić information content (AvgIpc) is 2.39. The van der Waals surface area contributed by atoms with Crippen LogP contribution in [0.25, 0.3) is 0 Å². The fraction of sp³-hybridized carbons (Fsp3) is 0.200. The molecule has 1 atom stereocenters. The van der Waals surface area contributed by atoms with Gasteiger partial charge in [-0.05, 0) is 36.6 Å². The Bertz CT molecular complexity index is 572. The first-order chi connectivity index (χ1) is 9.16. The lowest BCUT2D eigenvalue weighted by molar-refractivity contribution is 0.680. The van der Waals surface area contributed by atoms with Crippen molar-refractivity contribution in [3.05, 3.63) is 58.6 Å². The summed E-state index contributed by atoms with van der Waals surface area (Å²) in [5.41, 5.74) is 7.75. The monoisotopic (exact) mass is 337 g/mol. The predicted octanol–water partition coefficient (Wildman–Crippen LogP) is 3.77. The van der Waals surface area contributed by atoms with Crippen LogP contribution in [0.1, 0.15) is 12.0 Å². The predicted molar refractivity (Wildman–Crippen MR) is 84.6 cm³/mol. The second kappa shape index (κ2) is 6.87. The molecule has 0 aromatic heterocycles. The molecule has 0 saturated carbocycles. The van der Waals surface area contributed by atoms with Crippen molar-refractivity contribution in [2.75, 3.05) is 11.5 Å². The molecule has 0 aliphatic heterocycles. The molecule has 0 radical (unpaired) electrons. The molecule has 0 fully saturated rings. The van der Waals surface area contributed by atoms with Crippen molar-refractivity contribution in [2.24, 2.45) is 0 Å². The van der Waals surface area contributed by atoms with Crippen molar-refractivity contribution < 1.29 is 4.21 Å². The Labute approximate surface area is 124 Å². The Morgan fingerprint density at radius 2 is 1.84 bits per heavy atom. The van der Waals surface area contributed by atoms with E-state index in [1.807, 2.05) is 30.3 Å². The van der Waals surface area contributed by atoms with Crippen LogP contribution < -0.4 is 5.73 Å². The molecule has 100 valence electrons. The highest BCUT2D eigenvalue weighted by atomic mass is 79.9. The lowest BCUT2D eigenvalue weighted by Crippen LogP contribution is -2.03. The molecule has 1 unspecified atom stereocenters. The first-order valence-electron chi connectivity index (χ1n) is 6.14. The molecule has 0 bridgehead atoms. The van der Waals surface area contributed by atoms with Gasteiger partial charge in [-0.3, -0.25) is 4.21 Å². The van der Waals surface area contributed by atoms with Gasteiger partial charge in [-0.15, -0.1) is 0 Å². The molecule has 4 heteroatoms. The van der Waals surface area contributed by atoms with E-state index in [4.69, 9.17) is 5.73 Å². The van der Waals surface area contributed by atoms with Gasteiger partial charge in [-0.2, -0.15) is 0 Å². The Balaban J connectivity index is 1.91. The summed E-state index contributed by atoms with van der Waals surface area (Å²) < 4.78 is 13.1. The zero-order valence-corrected chi connectivity index (χ0v) is 12.9. The Morgan fingerprint density at radius 3 is 2.53 bits per heavy atom. The fourth-order valence-corrected chi connectivity index (χ4v) is 3.44.